The Morgan fingerprint density at radius 1 is 1.11 bits per heavy atom. The van der Waals surface area contributed by atoms with Gasteiger partial charge in [-0.05, 0) is 13.0 Å². The molecule has 1 saturated heterocycles. The zero-order valence-electron chi connectivity index (χ0n) is 15.0. The van der Waals surface area contributed by atoms with Crippen molar-refractivity contribution in [3.63, 3.8) is 0 Å². The van der Waals surface area contributed by atoms with Gasteiger partial charge in [-0.25, -0.2) is 17.9 Å². The number of hydrogen-bond acceptors (Lipinski definition) is 6. The van der Waals surface area contributed by atoms with Crippen LogP contribution in [0.2, 0.25) is 0 Å². The van der Waals surface area contributed by atoms with E-state index in [4.69, 9.17) is 0 Å². The lowest BCUT2D eigenvalue weighted by Gasteiger charge is -2.33. The first-order valence-electron chi connectivity index (χ1n) is 8.46. The number of rotatable bonds is 3. The zero-order chi connectivity index (χ0) is 19.2. The fourth-order valence-corrected chi connectivity index (χ4v) is 4.76. The summed E-state index contributed by atoms with van der Waals surface area (Å²) in [4.78, 5) is 18.8. The van der Waals surface area contributed by atoms with Crippen molar-refractivity contribution < 1.29 is 13.2 Å². The molecule has 0 atom stereocenters. The second-order valence-corrected chi connectivity index (χ2v) is 8.27. The first-order chi connectivity index (χ1) is 12.9. The highest BCUT2D eigenvalue weighted by atomic mass is 32.2. The van der Waals surface area contributed by atoms with Gasteiger partial charge in [0.2, 0.25) is 10.0 Å². The van der Waals surface area contributed by atoms with Crippen molar-refractivity contribution in [1.82, 2.24) is 33.6 Å². The maximum Gasteiger partial charge on any atom is 0.259 e. The predicted molar refractivity (Wildman–Crippen MR) is 95.6 cm³/mol. The summed E-state index contributed by atoms with van der Waals surface area (Å²) in [5.41, 5.74) is 1.49. The van der Waals surface area contributed by atoms with E-state index in [0.717, 1.165) is 0 Å². The third-order valence-corrected chi connectivity index (χ3v) is 6.85. The van der Waals surface area contributed by atoms with Crippen LogP contribution in [0.1, 0.15) is 16.1 Å². The standard InChI is InChI=1S/C16H19N7O3S/c1-12-14(11-18-20(12)2)27(25,26)22-8-6-21(7-9-22)16(24)13-10-19-23-5-3-4-17-15(13)23/h3-5,10-11H,6-9H2,1-2H3. The Morgan fingerprint density at radius 2 is 1.85 bits per heavy atom. The molecule has 0 saturated carbocycles. The van der Waals surface area contributed by atoms with Crippen molar-refractivity contribution in [2.75, 3.05) is 26.2 Å². The highest BCUT2D eigenvalue weighted by molar-refractivity contribution is 7.89. The third kappa shape index (κ3) is 2.88. The second-order valence-electron chi connectivity index (χ2n) is 6.36. The predicted octanol–water partition coefficient (Wildman–Crippen LogP) is -0.0821. The molecule has 0 radical (unpaired) electrons. The Bertz CT molecular complexity index is 1110. The normalized spacial score (nSPS) is 16.1. The lowest BCUT2D eigenvalue weighted by molar-refractivity contribution is 0.0699. The quantitative estimate of drug-likeness (QED) is 0.620. The van der Waals surface area contributed by atoms with Crippen LogP contribution in [-0.2, 0) is 17.1 Å². The number of piperazine rings is 1. The first kappa shape index (κ1) is 17.6. The number of carbonyl (C=O) groups excluding carboxylic acids is 1. The molecular weight excluding hydrogens is 370 g/mol. The van der Waals surface area contributed by atoms with Gasteiger partial charge in [-0.3, -0.25) is 9.48 Å². The molecule has 27 heavy (non-hydrogen) atoms. The van der Waals surface area contributed by atoms with Crippen LogP contribution in [0, 0.1) is 6.92 Å². The summed E-state index contributed by atoms with van der Waals surface area (Å²) < 4.78 is 30.2. The average Bonchev–Trinajstić information content (AvgIpc) is 3.25. The summed E-state index contributed by atoms with van der Waals surface area (Å²) in [6.45, 7) is 2.80. The van der Waals surface area contributed by atoms with Crippen molar-refractivity contribution in [1.29, 1.82) is 0 Å². The van der Waals surface area contributed by atoms with E-state index in [0.29, 0.717) is 30.0 Å². The van der Waals surface area contributed by atoms with E-state index in [2.05, 4.69) is 15.2 Å². The maximum absolute atomic E-state index is 12.8. The number of amides is 1. The molecule has 0 aromatic carbocycles. The fourth-order valence-electron chi connectivity index (χ4n) is 3.15. The highest BCUT2D eigenvalue weighted by Crippen LogP contribution is 2.21. The minimum Gasteiger partial charge on any atom is -0.336 e. The van der Waals surface area contributed by atoms with Gasteiger partial charge in [0, 0.05) is 45.6 Å². The van der Waals surface area contributed by atoms with Crippen molar-refractivity contribution in [2.45, 2.75) is 11.8 Å². The van der Waals surface area contributed by atoms with E-state index in [-0.39, 0.29) is 23.9 Å². The Kier molecular flexibility index (Phi) is 4.19. The van der Waals surface area contributed by atoms with Gasteiger partial charge < -0.3 is 4.90 Å². The number of sulfonamides is 1. The smallest absolute Gasteiger partial charge is 0.259 e. The monoisotopic (exact) mass is 389 g/mol. The SMILES string of the molecule is Cc1c(S(=O)(=O)N2CCN(C(=O)c3cnn4cccnc34)CC2)cnn1C. The fraction of sp³-hybridized carbons (Fsp3) is 0.375. The Balaban J connectivity index is 1.50. The molecule has 3 aromatic heterocycles. The van der Waals surface area contributed by atoms with E-state index in [1.807, 2.05) is 0 Å². The number of aryl methyl sites for hydroxylation is 1. The molecule has 3 aromatic rings. The minimum absolute atomic E-state index is 0.196. The van der Waals surface area contributed by atoms with Gasteiger partial charge in [-0.1, -0.05) is 0 Å². The summed E-state index contributed by atoms with van der Waals surface area (Å²) in [5.74, 6) is -0.196. The molecule has 142 valence electrons. The molecule has 0 spiro atoms. The Morgan fingerprint density at radius 3 is 2.52 bits per heavy atom. The molecule has 4 rings (SSSR count). The van der Waals surface area contributed by atoms with Crippen molar-refractivity contribution in [3.05, 3.63) is 42.1 Å². The molecule has 1 aliphatic heterocycles. The molecule has 1 fully saturated rings. The maximum atomic E-state index is 12.8. The van der Waals surface area contributed by atoms with E-state index < -0.39 is 10.0 Å². The molecule has 0 N–H and O–H groups in total. The lowest BCUT2D eigenvalue weighted by atomic mass is 10.2. The van der Waals surface area contributed by atoms with E-state index in [1.54, 1.807) is 41.8 Å². The second kappa shape index (κ2) is 6.43. The number of hydrogen-bond donors (Lipinski definition) is 0. The summed E-state index contributed by atoms with van der Waals surface area (Å²) in [7, 11) is -1.92. The van der Waals surface area contributed by atoms with Gasteiger partial charge in [-0.2, -0.15) is 14.5 Å². The topological polar surface area (TPSA) is 106 Å². The van der Waals surface area contributed by atoms with Crippen LogP contribution in [0.15, 0.2) is 35.7 Å². The Hall–Kier alpha value is -2.79. The van der Waals surface area contributed by atoms with Crippen LogP contribution < -0.4 is 0 Å². The van der Waals surface area contributed by atoms with E-state index in [9.17, 15) is 13.2 Å². The molecule has 0 aliphatic carbocycles. The van der Waals surface area contributed by atoms with E-state index in [1.165, 1.54) is 21.4 Å². The number of nitrogens with zero attached hydrogens (tertiary/aromatic N) is 7. The Labute approximate surface area is 156 Å². The summed E-state index contributed by atoms with van der Waals surface area (Å²) >= 11 is 0. The number of fused-ring (bicyclic) bond motifs is 1. The molecular formula is C16H19N7O3S. The summed E-state index contributed by atoms with van der Waals surface area (Å²) in [5, 5.41) is 8.14. The minimum atomic E-state index is -3.63. The van der Waals surface area contributed by atoms with Crippen LogP contribution in [0.5, 0.6) is 0 Å². The van der Waals surface area contributed by atoms with Crippen LogP contribution in [0.3, 0.4) is 0 Å². The van der Waals surface area contributed by atoms with Crippen molar-refractivity contribution >= 4 is 21.6 Å². The van der Waals surface area contributed by atoms with Gasteiger partial charge in [0.25, 0.3) is 5.91 Å². The molecule has 4 heterocycles. The summed E-state index contributed by atoms with van der Waals surface area (Å²) in [6, 6.07) is 1.73. The van der Waals surface area contributed by atoms with Gasteiger partial charge in [-0.15, -0.1) is 0 Å². The molecule has 0 unspecified atom stereocenters. The van der Waals surface area contributed by atoms with Crippen LogP contribution >= 0.6 is 0 Å². The molecule has 1 amide bonds. The van der Waals surface area contributed by atoms with Gasteiger partial charge in [0.05, 0.1) is 18.1 Å². The van der Waals surface area contributed by atoms with Crippen LogP contribution in [-0.4, -0.2) is 74.1 Å². The van der Waals surface area contributed by atoms with Crippen LogP contribution in [0.25, 0.3) is 5.65 Å². The molecule has 1 aliphatic rings. The molecule has 10 nitrogen and oxygen atoms in total. The zero-order valence-corrected chi connectivity index (χ0v) is 15.8. The first-order valence-corrected chi connectivity index (χ1v) is 9.90. The average molecular weight is 389 g/mol. The highest BCUT2D eigenvalue weighted by Gasteiger charge is 2.33. The van der Waals surface area contributed by atoms with Crippen molar-refractivity contribution in [2.24, 2.45) is 7.05 Å². The van der Waals surface area contributed by atoms with Crippen LogP contribution in [0.4, 0.5) is 0 Å². The van der Waals surface area contributed by atoms with E-state index >= 15 is 0 Å². The van der Waals surface area contributed by atoms with Gasteiger partial charge >= 0.3 is 0 Å². The largest absolute Gasteiger partial charge is 0.336 e. The van der Waals surface area contributed by atoms with Crippen molar-refractivity contribution in [3.8, 4) is 0 Å². The third-order valence-electron chi connectivity index (χ3n) is 4.84. The molecule has 0 bridgehead atoms. The number of aromatic nitrogens is 5. The number of carbonyl (C=O) groups is 1. The molecule has 11 heteroatoms. The van der Waals surface area contributed by atoms with Gasteiger partial charge in [0.1, 0.15) is 10.5 Å². The lowest BCUT2D eigenvalue weighted by Crippen LogP contribution is -2.50. The summed E-state index contributed by atoms with van der Waals surface area (Å²) in [6.07, 6.45) is 6.19. The van der Waals surface area contributed by atoms with Gasteiger partial charge in [0.15, 0.2) is 5.65 Å².